The van der Waals surface area contributed by atoms with Gasteiger partial charge in [0.05, 0.1) is 35.6 Å². The molecule has 0 saturated heterocycles. The van der Waals surface area contributed by atoms with Gasteiger partial charge in [-0.1, -0.05) is 66.0 Å². The van der Waals surface area contributed by atoms with E-state index in [0.29, 0.717) is 20.6 Å². The standard InChI is InChI=1S/C26H24N2O4S/c1-4-32-25(30)23-17(2)27-26-28(21(23)15-12-18-8-6-5-7-9-18)24(29)22(33-26)16-19-10-13-20(31-3)14-11-19/h5-16,21H,4H2,1-3H3. The van der Waals surface area contributed by atoms with Crippen LogP contribution >= 0.6 is 11.3 Å². The van der Waals surface area contributed by atoms with E-state index < -0.39 is 12.0 Å². The quantitative estimate of drug-likeness (QED) is 0.528. The number of nitrogens with zero attached hydrogens (tertiary/aromatic N) is 2. The molecule has 1 aromatic heterocycles. The number of carbonyl (C=O) groups excluding carboxylic acids is 1. The van der Waals surface area contributed by atoms with Crippen LogP contribution in [0.15, 0.2) is 81.7 Å². The number of hydrogen-bond acceptors (Lipinski definition) is 6. The van der Waals surface area contributed by atoms with Gasteiger partial charge in [-0.3, -0.25) is 9.36 Å². The van der Waals surface area contributed by atoms with Crippen LogP contribution in [0.4, 0.5) is 0 Å². The first-order valence-corrected chi connectivity index (χ1v) is 11.4. The molecule has 4 rings (SSSR count). The van der Waals surface area contributed by atoms with Crippen LogP contribution in [-0.4, -0.2) is 24.3 Å². The maximum absolute atomic E-state index is 13.4. The molecule has 0 bridgehead atoms. The van der Waals surface area contributed by atoms with E-state index in [2.05, 4.69) is 4.99 Å². The molecule has 168 valence electrons. The van der Waals surface area contributed by atoms with Crippen LogP contribution < -0.4 is 19.6 Å². The van der Waals surface area contributed by atoms with Crippen molar-refractivity contribution in [3.63, 3.8) is 0 Å². The minimum atomic E-state index is -0.612. The third-order valence-electron chi connectivity index (χ3n) is 5.24. The molecule has 0 saturated carbocycles. The fourth-order valence-corrected chi connectivity index (χ4v) is 4.69. The second-order valence-electron chi connectivity index (χ2n) is 7.39. The highest BCUT2D eigenvalue weighted by Crippen LogP contribution is 2.26. The number of fused-ring (bicyclic) bond motifs is 1. The number of carbonyl (C=O) groups is 1. The van der Waals surface area contributed by atoms with Crippen LogP contribution in [0.5, 0.6) is 5.75 Å². The second kappa shape index (κ2) is 9.83. The minimum Gasteiger partial charge on any atom is -0.497 e. The molecule has 1 aliphatic rings. The van der Waals surface area contributed by atoms with Crippen molar-refractivity contribution in [1.82, 2.24) is 4.57 Å². The molecule has 1 atom stereocenters. The van der Waals surface area contributed by atoms with Crippen molar-refractivity contribution in [3.05, 3.63) is 103 Å². The summed E-state index contributed by atoms with van der Waals surface area (Å²) in [6.45, 7) is 3.77. The normalized spacial score (nSPS) is 16.0. The van der Waals surface area contributed by atoms with Crippen LogP contribution in [0.2, 0.25) is 0 Å². The lowest BCUT2D eigenvalue weighted by atomic mass is 10.0. The summed E-state index contributed by atoms with van der Waals surface area (Å²) in [4.78, 5) is 31.4. The maximum Gasteiger partial charge on any atom is 0.338 e. The summed E-state index contributed by atoms with van der Waals surface area (Å²) in [7, 11) is 1.61. The second-order valence-corrected chi connectivity index (χ2v) is 8.40. The van der Waals surface area contributed by atoms with Crippen LogP contribution in [0.25, 0.3) is 12.2 Å². The van der Waals surface area contributed by atoms with Gasteiger partial charge in [0.1, 0.15) is 5.75 Å². The maximum atomic E-state index is 13.4. The predicted octanol–water partition coefficient (Wildman–Crippen LogP) is 3.47. The lowest BCUT2D eigenvalue weighted by Gasteiger charge is -2.21. The molecular weight excluding hydrogens is 436 g/mol. The van der Waals surface area contributed by atoms with Crippen LogP contribution in [-0.2, 0) is 9.53 Å². The van der Waals surface area contributed by atoms with E-state index in [1.165, 1.54) is 11.3 Å². The summed E-state index contributed by atoms with van der Waals surface area (Å²) >= 11 is 1.30. The number of methoxy groups -OCH3 is 1. The molecule has 1 aliphatic heterocycles. The molecule has 0 spiro atoms. The lowest BCUT2D eigenvalue weighted by molar-refractivity contribution is -0.139. The number of rotatable bonds is 6. The van der Waals surface area contributed by atoms with Crippen molar-refractivity contribution in [3.8, 4) is 5.75 Å². The number of ether oxygens (including phenoxy) is 2. The monoisotopic (exact) mass is 460 g/mol. The topological polar surface area (TPSA) is 69.9 Å². The zero-order chi connectivity index (χ0) is 23.4. The third kappa shape index (κ3) is 4.73. The number of thiazole rings is 1. The first-order chi connectivity index (χ1) is 16.0. The van der Waals surface area contributed by atoms with Crippen molar-refractivity contribution in [2.24, 2.45) is 4.99 Å². The molecule has 0 amide bonds. The average Bonchev–Trinajstić information content (AvgIpc) is 3.13. The SMILES string of the molecule is CCOC(=O)C1=C(C)N=c2sc(=Cc3ccc(OC)cc3)c(=O)n2C1C=Cc1ccccc1. The Bertz CT molecular complexity index is 1400. The molecule has 1 unspecified atom stereocenters. The summed E-state index contributed by atoms with van der Waals surface area (Å²) in [5.41, 5.74) is 2.56. The van der Waals surface area contributed by atoms with Crippen molar-refractivity contribution in [2.45, 2.75) is 19.9 Å². The summed E-state index contributed by atoms with van der Waals surface area (Å²) < 4.78 is 12.6. The van der Waals surface area contributed by atoms with Crippen molar-refractivity contribution in [1.29, 1.82) is 0 Å². The highest BCUT2D eigenvalue weighted by atomic mass is 32.1. The first-order valence-electron chi connectivity index (χ1n) is 10.6. The first kappa shape index (κ1) is 22.5. The lowest BCUT2D eigenvalue weighted by Crippen LogP contribution is -2.38. The van der Waals surface area contributed by atoms with E-state index >= 15 is 0 Å². The summed E-state index contributed by atoms with van der Waals surface area (Å²) in [6.07, 6.45) is 5.59. The summed E-state index contributed by atoms with van der Waals surface area (Å²) in [5, 5.41) is 0. The van der Waals surface area contributed by atoms with E-state index in [0.717, 1.165) is 16.9 Å². The van der Waals surface area contributed by atoms with E-state index in [-0.39, 0.29) is 12.2 Å². The van der Waals surface area contributed by atoms with Gasteiger partial charge in [-0.25, -0.2) is 9.79 Å². The van der Waals surface area contributed by atoms with Crippen molar-refractivity contribution >= 4 is 29.5 Å². The summed E-state index contributed by atoms with van der Waals surface area (Å²) in [6, 6.07) is 16.6. The number of allylic oxidation sites excluding steroid dienone is 2. The molecule has 0 radical (unpaired) electrons. The molecule has 7 heteroatoms. The smallest absolute Gasteiger partial charge is 0.338 e. The Morgan fingerprint density at radius 3 is 2.52 bits per heavy atom. The highest BCUT2D eigenvalue weighted by molar-refractivity contribution is 7.07. The van der Waals surface area contributed by atoms with Gasteiger partial charge in [0, 0.05) is 0 Å². The van der Waals surface area contributed by atoms with Crippen LogP contribution in [0.3, 0.4) is 0 Å². The van der Waals surface area contributed by atoms with E-state index in [1.54, 1.807) is 25.5 Å². The molecule has 33 heavy (non-hydrogen) atoms. The Labute approximate surface area is 195 Å². The molecule has 0 aliphatic carbocycles. The predicted molar refractivity (Wildman–Crippen MR) is 130 cm³/mol. The van der Waals surface area contributed by atoms with Crippen LogP contribution in [0, 0.1) is 0 Å². The molecule has 2 aromatic carbocycles. The number of benzene rings is 2. The van der Waals surface area contributed by atoms with Gasteiger partial charge in [0.15, 0.2) is 4.80 Å². The molecule has 0 N–H and O–H groups in total. The van der Waals surface area contributed by atoms with Gasteiger partial charge in [-0.15, -0.1) is 0 Å². The van der Waals surface area contributed by atoms with Gasteiger partial charge < -0.3 is 9.47 Å². The highest BCUT2D eigenvalue weighted by Gasteiger charge is 2.30. The molecular formula is C26H24N2O4S. The van der Waals surface area contributed by atoms with Gasteiger partial charge in [0.2, 0.25) is 0 Å². The zero-order valence-corrected chi connectivity index (χ0v) is 19.5. The van der Waals surface area contributed by atoms with Crippen molar-refractivity contribution in [2.75, 3.05) is 13.7 Å². The Morgan fingerprint density at radius 1 is 1.12 bits per heavy atom. The number of hydrogen-bond donors (Lipinski definition) is 0. The fourth-order valence-electron chi connectivity index (χ4n) is 3.63. The van der Waals surface area contributed by atoms with Gasteiger partial charge in [-0.2, -0.15) is 0 Å². The van der Waals surface area contributed by atoms with Crippen LogP contribution in [0.1, 0.15) is 31.0 Å². The van der Waals surface area contributed by atoms with E-state index in [1.807, 2.05) is 72.8 Å². The van der Waals surface area contributed by atoms with E-state index in [9.17, 15) is 9.59 Å². The Hall–Kier alpha value is -3.71. The fraction of sp³-hybridized carbons (Fsp3) is 0.192. The third-order valence-corrected chi connectivity index (χ3v) is 6.23. The Kier molecular flexibility index (Phi) is 6.70. The van der Waals surface area contributed by atoms with Gasteiger partial charge >= 0.3 is 5.97 Å². The molecule has 0 fully saturated rings. The summed E-state index contributed by atoms with van der Waals surface area (Å²) in [5.74, 6) is 0.278. The average molecular weight is 461 g/mol. The molecule has 6 nitrogen and oxygen atoms in total. The number of esters is 1. The Morgan fingerprint density at radius 2 is 1.85 bits per heavy atom. The number of aromatic nitrogens is 1. The van der Waals surface area contributed by atoms with Gasteiger partial charge in [0.25, 0.3) is 5.56 Å². The zero-order valence-electron chi connectivity index (χ0n) is 18.6. The van der Waals surface area contributed by atoms with E-state index in [4.69, 9.17) is 9.47 Å². The largest absolute Gasteiger partial charge is 0.497 e. The van der Waals surface area contributed by atoms with Crippen molar-refractivity contribution < 1.29 is 14.3 Å². The Balaban J connectivity index is 1.84. The van der Waals surface area contributed by atoms with Gasteiger partial charge in [-0.05, 0) is 43.2 Å². The minimum absolute atomic E-state index is 0.202. The molecule has 3 aromatic rings. The molecule has 2 heterocycles.